The molecule has 0 spiro atoms. The third-order valence-corrected chi connectivity index (χ3v) is 6.82. The first kappa shape index (κ1) is 16.4. The second-order valence-electron chi connectivity index (χ2n) is 5.67. The Balaban J connectivity index is 1.95. The highest BCUT2D eigenvalue weighted by molar-refractivity contribution is 7.89. The van der Waals surface area contributed by atoms with Crippen molar-refractivity contribution in [2.75, 3.05) is 7.11 Å². The van der Waals surface area contributed by atoms with Crippen molar-refractivity contribution in [3.8, 4) is 5.75 Å². The predicted molar refractivity (Wildman–Crippen MR) is 87.7 cm³/mol. The van der Waals surface area contributed by atoms with Crippen molar-refractivity contribution in [2.45, 2.75) is 36.1 Å². The second kappa shape index (κ2) is 6.22. The van der Waals surface area contributed by atoms with Gasteiger partial charge in [0.1, 0.15) is 0 Å². The van der Waals surface area contributed by atoms with Gasteiger partial charge in [0.25, 0.3) is 0 Å². The number of methoxy groups -OCH3 is 1. The van der Waals surface area contributed by atoms with Gasteiger partial charge in [-0.05, 0) is 42.5 Å². The van der Waals surface area contributed by atoms with Gasteiger partial charge in [0, 0.05) is 4.88 Å². The number of hydrogen-bond acceptors (Lipinski definition) is 4. The number of ether oxygens (including phenoxy) is 1. The first-order valence-corrected chi connectivity index (χ1v) is 9.75. The Kier molecular flexibility index (Phi) is 4.44. The summed E-state index contributed by atoms with van der Waals surface area (Å²) in [5, 5.41) is 1.94. The molecule has 0 saturated heterocycles. The van der Waals surface area contributed by atoms with E-state index in [-0.39, 0.29) is 10.6 Å². The Hall–Kier alpha value is -1.44. The average Bonchev–Trinajstić information content (AvgIpc) is 3.18. The van der Waals surface area contributed by atoms with Gasteiger partial charge < -0.3 is 4.74 Å². The second-order valence-corrected chi connectivity index (χ2v) is 8.30. The highest BCUT2D eigenvalue weighted by atomic mass is 32.2. The summed E-state index contributed by atoms with van der Waals surface area (Å²) < 4.78 is 47.0. The van der Waals surface area contributed by atoms with Crippen LogP contribution >= 0.6 is 11.3 Å². The predicted octanol–water partition coefficient (Wildman–Crippen LogP) is 3.64. The number of rotatable bonds is 5. The molecule has 1 aliphatic carbocycles. The molecule has 2 aromatic rings. The number of halogens is 1. The third-order valence-electron chi connectivity index (χ3n) is 4.21. The molecular weight excluding hydrogens is 337 g/mol. The van der Waals surface area contributed by atoms with Crippen LogP contribution in [0.25, 0.3) is 0 Å². The summed E-state index contributed by atoms with van der Waals surface area (Å²) in [4.78, 5) is 0.922. The summed E-state index contributed by atoms with van der Waals surface area (Å²) >= 11 is 1.54. The van der Waals surface area contributed by atoms with Crippen molar-refractivity contribution >= 4 is 21.4 Å². The zero-order valence-corrected chi connectivity index (χ0v) is 14.3. The normalized spacial score (nSPS) is 17.3. The van der Waals surface area contributed by atoms with E-state index >= 15 is 0 Å². The minimum Gasteiger partial charge on any atom is -0.494 e. The number of sulfonamides is 1. The van der Waals surface area contributed by atoms with E-state index < -0.39 is 21.4 Å². The first-order valence-electron chi connectivity index (χ1n) is 7.38. The maximum atomic E-state index is 13.8. The highest BCUT2D eigenvalue weighted by Gasteiger charge is 2.40. The molecule has 1 saturated carbocycles. The van der Waals surface area contributed by atoms with E-state index in [9.17, 15) is 12.8 Å². The van der Waals surface area contributed by atoms with Crippen LogP contribution in [0.2, 0.25) is 0 Å². The largest absolute Gasteiger partial charge is 0.494 e. The van der Waals surface area contributed by atoms with Crippen LogP contribution in [0.5, 0.6) is 5.75 Å². The zero-order valence-electron chi connectivity index (χ0n) is 12.7. The lowest BCUT2D eigenvalue weighted by molar-refractivity contribution is 0.385. The van der Waals surface area contributed by atoms with Crippen LogP contribution in [-0.4, -0.2) is 15.5 Å². The molecule has 1 aromatic heterocycles. The molecule has 1 fully saturated rings. The first-order chi connectivity index (χ1) is 11.0. The Labute approximate surface area is 139 Å². The van der Waals surface area contributed by atoms with Gasteiger partial charge in [-0.1, -0.05) is 18.9 Å². The van der Waals surface area contributed by atoms with E-state index in [1.165, 1.54) is 19.2 Å². The van der Waals surface area contributed by atoms with Gasteiger partial charge in [0.15, 0.2) is 11.6 Å². The zero-order chi connectivity index (χ0) is 16.5. The highest BCUT2D eigenvalue weighted by Crippen LogP contribution is 2.42. The molecule has 0 amide bonds. The van der Waals surface area contributed by atoms with E-state index in [1.54, 1.807) is 11.3 Å². The summed E-state index contributed by atoms with van der Waals surface area (Å²) in [6.45, 7) is 0. The maximum absolute atomic E-state index is 13.8. The number of benzene rings is 1. The smallest absolute Gasteiger partial charge is 0.241 e. The van der Waals surface area contributed by atoms with Gasteiger partial charge in [-0.3, -0.25) is 0 Å². The van der Waals surface area contributed by atoms with E-state index in [4.69, 9.17) is 4.74 Å². The van der Waals surface area contributed by atoms with Crippen LogP contribution in [0.4, 0.5) is 4.39 Å². The van der Waals surface area contributed by atoms with Crippen molar-refractivity contribution in [3.05, 3.63) is 46.4 Å². The fraction of sp³-hybridized carbons (Fsp3) is 0.375. The molecule has 7 heteroatoms. The van der Waals surface area contributed by atoms with Crippen molar-refractivity contribution in [1.29, 1.82) is 0 Å². The lowest BCUT2D eigenvalue weighted by atomic mass is 9.97. The van der Waals surface area contributed by atoms with E-state index in [0.717, 1.165) is 36.6 Å². The standard InChI is InChI=1S/C16H18FNO3S2/c1-21-14-7-6-12(11-13(14)17)23(19,20)18-16(8-2-3-9-16)15-5-4-10-22-15/h4-7,10-11,18H,2-3,8-9H2,1H3. The molecule has 0 radical (unpaired) electrons. The average molecular weight is 355 g/mol. The Morgan fingerprint density at radius 1 is 1.26 bits per heavy atom. The Morgan fingerprint density at radius 2 is 2.00 bits per heavy atom. The molecule has 1 heterocycles. The molecule has 1 N–H and O–H groups in total. The molecular formula is C16H18FNO3S2. The van der Waals surface area contributed by atoms with Gasteiger partial charge in [-0.2, -0.15) is 4.72 Å². The van der Waals surface area contributed by atoms with Crippen LogP contribution in [-0.2, 0) is 15.6 Å². The summed E-state index contributed by atoms with van der Waals surface area (Å²) in [7, 11) is -2.47. The number of nitrogens with one attached hydrogen (secondary N) is 1. The number of thiophene rings is 1. The molecule has 0 aliphatic heterocycles. The maximum Gasteiger partial charge on any atom is 0.241 e. The fourth-order valence-corrected chi connectivity index (χ4v) is 5.52. The van der Waals surface area contributed by atoms with Gasteiger partial charge in [-0.15, -0.1) is 11.3 Å². The van der Waals surface area contributed by atoms with Crippen LogP contribution in [0.3, 0.4) is 0 Å². The summed E-state index contributed by atoms with van der Waals surface area (Å²) in [5.74, 6) is -0.662. The minimum atomic E-state index is -3.81. The molecule has 3 rings (SSSR count). The van der Waals surface area contributed by atoms with E-state index in [0.29, 0.717) is 0 Å². The van der Waals surface area contributed by atoms with Crippen molar-refractivity contribution in [3.63, 3.8) is 0 Å². The van der Waals surface area contributed by atoms with E-state index in [1.807, 2.05) is 17.5 Å². The summed E-state index contributed by atoms with van der Waals surface area (Å²) in [6.07, 6.45) is 3.45. The number of hydrogen-bond donors (Lipinski definition) is 1. The lowest BCUT2D eigenvalue weighted by Crippen LogP contribution is -2.43. The van der Waals surface area contributed by atoms with Crippen molar-refractivity contribution < 1.29 is 17.5 Å². The molecule has 1 aliphatic rings. The SMILES string of the molecule is COc1ccc(S(=O)(=O)NC2(c3cccs3)CCCC2)cc1F. The van der Waals surface area contributed by atoms with Gasteiger partial charge in [0.05, 0.1) is 17.5 Å². The topological polar surface area (TPSA) is 55.4 Å². The molecule has 0 unspecified atom stereocenters. The van der Waals surface area contributed by atoms with Crippen LogP contribution in [0.15, 0.2) is 40.6 Å². The molecule has 0 atom stereocenters. The summed E-state index contributed by atoms with van der Waals surface area (Å²) in [6, 6.07) is 7.56. The Morgan fingerprint density at radius 3 is 2.57 bits per heavy atom. The van der Waals surface area contributed by atoms with Crippen molar-refractivity contribution in [2.24, 2.45) is 0 Å². The summed E-state index contributed by atoms with van der Waals surface area (Å²) in [5.41, 5.74) is -0.580. The molecule has 124 valence electrons. The quantitative estimate of drug-likeness (QED) is 0.891. The van der Waals surface area contributed by atoms with Crippen LogP contribution < -0.4 is 9.46 Å². The molecule has 0 bridgehead atoms. The molecule has 1 aromatic carbocycles. The Bertz CT molecular complexity index is 782. The monoisotopic (exact) mass is 355 g/mol. The van der Waals surface area contributed by atoms with Crippen LogP contribution in [0.1, 0.15) is 30.6 Å². The third kappa shape index (κ3) is 3.13. The van der Waals surface area contributed by atoms with Crippen molar-refractivity contribution in [1.82, 2.24) is 4.72 Å². The fourth-order valence-electron chi connectivity index (χ4n) is 3.06. The minimum absolute atomic E-state index is 0.0257. The molecule has 4 nitrogen and oxygen atoms in total. The lowest BCUT2D eigenvalue weighted by Gasteiger charge is -2.29. The van der Waals surface area contributed by atoms with Gasteiger partial charge in [0.2, 0.25) is 10.0 Å². The van der Waals surface area contributed by atoms with Gasteiger partial charge >= 0.3 is 0 Å². The van der Waals surface area contributed by atoms with Crippen LogP contribution in [0, 0.1) is 5.82 Å². The molecule has 23 heavy (non-hydrogen) atoms. The van der Waals surface area contributed by atoms with Gasteiger partial charge in [-0.25, -0.2) is 12.8 Å². The van der Waals surface area contributed by atoms with E-state index in [2.05, 4.69) is 4.72 Å².